The molecule has 2 aromatic carbocycles. The lowest BCUT2D eigenvalue weighted by Gasteiger charge is -2.39. The average molecular weight is 451 g/mol. The quantitative estimate of drug-likeness (QED) is 0.597. The maximum Gasteiger partial charge on any atom is 0.227 e. The van der Waals surface area contributed by atoms with E-state index in [0.29, 0.717) is 5.91 Å². The van der Waals surface area contributed by atoms with Gasteiger partial charge in [-0.3, -0.25) is 4.79 Å². The van der Waals surface area contributed by atoms with Crippen molar-refractivity contribution in [3.63, 3.8) is 0 Å². The van der Waals surface area contributed by atoms with Gasteiger partial charge in [0.2, 0.25) is 5.91 Å². The van der Waals surface area contributed by atoms with Crippen LogP contribution in [0.4, 0.5) is 10.8 Å². The Hall–Kier alpha value is -2.80. The highest BCUT2D eigenvalue weighted by Gasteiger charge is 2.32. The van der Waals surface area contributed by atoms with E-state index >= 15 is 0 Å². The Labute approximate surface area is 193 Å². The number of fused-ring (bicyclic) bond motifs is 1. The number of nitrogens with zero attached hydrogens (tertiary/aromatic N) is 4. The van der Waals surface area contributed by atoms with Gasteiger partial charge in [-0.2, -0.15) is 0 Å². The lowest BCUT2D eigenvalue weighted by molar-refractivity contribution is -0.136. The fraction of sp³-hybridized carbons (Fsp3) is 0.440. The lowest BCUT2D eigenvalue weighted by atomic mass is 9.96. The number of thiazole rings is 1. The van der Waals surface area contributed by atoms with Crippen molar-refractivity contribution in [3.8, 4) is 5.75 Å². The Morgan fingerprint density at radius 1 is 1.06 bits per heavy atom. The van der Waals surface area contributed by atoms with Crippen LogP contribution in [0.1, 0.15) is 18.4 Å². The number of carbonyl (C=O) groups excluding carboxylic acids is 1. The molecule has 0 N–H and O–H groups in total. The fourth-order valence-corrected chi connectivity index (χ4v) is 5.80. The van der Waals surface area contributed by atoms with Crippen LogP contribution in [0.3, 0.4) is 0 Å². The van der Waals surface area contributed by atoms with Crippen LogP contribution in [-0.2, 0) is 4.79 Å². The summed E-state index contributed by atoms with van der Waals surface area (Å²) in [4.78, 5) is 24.9. The van der Waals surface area contributed by atoms with Crippen molar-refractivity contribution in [2.24, 2.45) is 5.92 Å². The van der Waals surface area contributed by atoms with Gasteiger partial charge >= 0.3 is 0 Å². The van der Waals surface area contributed by atoms with Crippen molar-refractivity contribution < 1.29 is 9.53 Å². The fourth-order valence-electron chi connectivity index (χ4n) is 4.78. The summed E-state index contributed by atoms with van der Waals surface area (Å²) in [5, 5.41) is 1.01. The van der Waals surface area contributed by atoms with E-state index in [1.54, 1.807) is 18.4 Å². The normalized spacial score (nSPS) is 19.4. The maximum atomic E-state index is 13.3. The van der Waals surface area contributed by atoms with Gasteiger partial charge in [-0.1, -0.05) is 23.5 Å². The predicted octanol–water partition coefficient (Wildman–Crippen LogP) is 4.18. The number of piperidine rings is 1. The second-order valence-corrected chi connectivity index (χ2v) is 9.78. The van der Waals surface area contributed by atoms with E-state index in [4.69, 9.17) is 9.72 Å². The molecule has 5 rings (SSSR count). The van der Waals surface area contributed by atoms with Crippen molar-refractivity contribution in [3.05, 3.63) is 48.0 Å². The highest BCUT2D eigenvalue weighted by Crippen LogP contribution is 2.34. The first-order valence-electron chi connectivity index (χ1n) is 11.4. The number of methoxy groups -OCH3 is 1. The van der Waals surface area contributed by atoms with E-state index in [2.05, 4.69) is 45.9 Å². The average Bonchev–Trinajstić information content (AvgIpc) is 3.27. The topological polar surface area (TPSA) is 48.9 Å². The minimum absolute atomic E-state index is 0.0517. The van der Waals surface area contributed by atoms with Crippen LogP contribution >= 0.6 is 11.3 Å². The molecule has 0 saturated carbocycles. The molecule has 1 atom stereocenters. The van der Waals surface area contributed by atoms with Gasteiger partial charge in [-0.25, -0.2) is 4.98 Å². The van der Waals surface area contributed by atoms with Crippen LogP contribution in [0.5, 0.6) is 5.75 Å². The summed E-state index contributed by atoms with van der Waals surface area (Å²) in [6, 6.07) is 14.6. The molecule has 1 amide bonds. The molecule has 3 heterocycles. The third-order valence-corrected chi connectivity index (χ3v) is 7.66. The van der Waals surface area contributed by atoms with Gasteiger partial charge in [-0.15, -0.1) is 0 Å². The number of amides is 1. The molecule has 0 bridgehead atoms. The molecule has 32 heavy (non-hydrogen) atoms. The van der Waals surface area contributed by atoms with Crippen molar-refractivity contribution in [1.82, 2.24) is 9.88 Å². The second-order valence-electron chi connectivity index (χ2n) is 8.77. The van der Waals surface area contributed by atoms with Crippen molar-refractivity contribution in [1.29, 1.82) is 0 Å². The number of ether oxygens (including phenoxy) is 1. The van der Waals surface area contributed by atoms with Gasteiger partial charge in [0.1, 0.15) is 5.75 Å². The van der Waals surface area contributed by atoms with Crippen LogP contribution < -0.4 is 14.5 Å². The number of hydrogen-bond acceptors (Lipinski definition) is 6. The standard InChI is InChI=1S/C25H30N4O2S/c1-18-5-3-7-20(15-18)27-11-13-28(14-12-27)24(30)19-6-4-10-29(17-19)25-26-22-9-8-21(31-2)16-23(22)32-25/h3,5,7-9,15-16,19H,4,6,10-14,17H2,1-2H3. The van der Waals surface area contributed by atoms with Crippen molar-refractivity contribution >= 4 is 38.3 Å². The lowest BCUT2D eigenvalue weighted by Crippen LogP contribution is -2.52. The van der Waals surface area contributed by atoms with E-state index in [1.807, 2.05) is 18.2 Å². The summed E-state index contributed by atoms with van der Waals surface area (Å²) in [6.07, 6.45) is 1.99. The summed E-state index contributed by atoms with van der Waals surface area (Å²) < 4.78 is 6.47. The highest BCUT2D eigenvalue weighted by molar-refractivity contribution is 7.22. The Bertz CT molecular complexity index is 1110. The number of anilines is 2. The molecule has 168 valence electrons. The van der Waals surface area contributed by atoms with E-state index in [9.17, 15) is 4.79 Å². The van der Waals surface area contributed by atoms with E-state index in [-0.39, 0.29) is 5.92 Å². The van der Waals surface area contributed by atoms with Gasteiger partial charge in [0.25, 0.3) is 0 Å². The molecule has 6 nitrogen and oxygen atoms in total. The Balaban J connectivity index is 1.22. The zero-order valence-electron chi connectivity index (χ0n) is 18.8. The molecule has 7 heteroatoms. The monoisotopic (exact) mass is 450 g/mol. The molecular weight excluding hydrogens is 420 g/mol. The predicted molar refractivity (Wildman–Crippen MR) is 131 cm³/mol. The summed E-state index contributed by atoms with van der Waals surface area (Å²) in [6.45, 7) is 7.22. The Morgan fingerprint density at radius 2 is 1.91 bits per heavy atom. The van der Waals surface area contributed by atoms with Gasteiger partial charge in [0, 0.05) is 45.0 Å². The first-order valence-corrected chi connectivity index (χ1v) is 12.2. The Morgan fingerprint density at radius 3 is 2.69 bits per heavy atom. The zero-order chi connectivity index (χ0) is 22.1. The molecule has 0 aliphatic carbocycles. The number of aromatic nitrogens is 1. The van der Waals surface area contributed by atoms with Gasteiger partial charge < -0.3 is 19.4 Å². The molecule has 3 aromatic rings. The minimum atomic E-state index is 0.0517. The van der Waals surface area contributed by atoms with Crippen molar-refractivity contribution in [2.45, 2.75) is 19.8 Å². The molecule has 2 saturated heterocycles. The third-order valence-electron chi connectivity index (χ3n) is 6.58. The molecule has 2 aliphatic heterocycles. The SMILES string of the molecule is COc1ccc2nc(N3CCCC(C(=O)N4CCN(c5cccc(C)c5)CC4)C3)sc2c1. The van der Waals surface area contributed by atoms with Crippen LogP contribution in [0, 0.1) is 12.8 Å². The van der Waals surface area contributed by atoms with E-state index in [1.165, 1.54) is 11.3 Å². The van der Waals surface area contributed by atoms with Crippen LogP contribution in [0.25, 0.3) is 10.2 Å². The number of carbonyl (C=O) groups is 1. The largest absolute Gasteiger partial charge is 0.497 e. The summed E-state index contributed by atoms with van der Waals surface area (Å²) in [5.74, 6) is 1.21. The molecule has 2 fully saturated rings. The Kier molecular flexibility index (Phi) is 5.91. The second kappa shape index (κ2) is 8.98. The van der Waals surface area contributed by atoms with Crippen LogP contribution in [0.2, 0.25) is 0 Å². The van der Waals surface area contributed by atoms with Gasteiger partial charge in [0.05, 0.1) is 23.2 Å². The number of hydrogen-bond donors (Lipinski definition) is 0. The smallest absolute Gasteiger partial charge is 0.227 e. The van der Waals surface area contributed by atoms with Crippen LogP contribution in [0.15, 0.2) is 42.5 Å². The van der Waals surface area contributed by atoms with Crippen molar-refractivity contribution in [2.75, 3.05) is 56.2 Å². The minimum Gasteiger partial charge on any atom is -0.497 e. The summed E-state index contributed by atoms with van der Waals surface area (Å²) >= 11 is 1.68. The van der Waals surface area contributed by atoms with Gasteiger partial charge in [0.15, 0.2) is 5.13 Å². The molecule has 1 aromatic heterocycles. The molecule has 2 aliphatic rings. The summed E-state index contributed by atoms with van der Waals surface area (Å²) in [5.41, 5.74) is 3.52. The first-order chi connectivity index (χ1) is 15.6. The molecule has 1 unspecified atom stereocenters. The highest BCUT2D eigenvalue weighted by atomic mass is 32.1. The maximum absolute atomic E-state index is 13.3. The summed E-state index contributed by atoms with van der Waals surface area (Å²) in [7, 11) is 1.69. The van der Waals surface area contributed by atoms with E-state index in [0.717, 1.165) is 73.2 Å². The number of aryl methyl sites for hydroxylation is 1. The first kappa shape index (κ1) is 21.1. The van der Waals surface area contributed by atoms with Crippen LogP contribution in [-0.4, -0.2) is 62.2 Å². The molecule has 0 radical (unpaired) electrons. The molecular formula is C25H30N4O2S. The number of piperazine rings is 1. The zero-order valence-corrected chi connectivity index (χ0v) is 19.6. The molecule has 0 spiro atoms. The number of rotatable bonds is 4. The van der Waals surface area contributed by atoms with Gasteiger partial charge in [-0.05, 0) is 55.7 Å². The third kappa shape index (κ3) is 4.26. The van der Waals surface area contributed by atoms with E-state index < -0.39 is 0 Å². The number of benzene rings is 2.